The average Bonchev–Trinajstić information content (AvgIpc) is 2.16. The Hall–Kier alpha value is -0.690. The number of benzene rings is 1. The van der Waals surface area contributed by atoms with Crippen LogP contribution in [0, 0.1) is 11.3 Å². The molecule has 0 spiro atoms. The zero-order valence-electron chi connectivity index (χ0n) is 10.4. The highest BCUT2D eigenvalue weighted by Gasteiger charge is 2.17. The molecule has 1 aromatic carbocycles. The van der Waals surface area contributed by atoms with Crippen molar-refractivity contribution in [2.75, 3.05) is 0 Å². The molecule has 0 radical (unpaired) electrons. The predicted molar refractivity (Wildman–Crippen MR) is 76.5 cm³/mol. The largest absolute Gasteiger partial charge is 0.323 e. The Morgan fingerprint density at radius 3 is 2.47 bits per heavy atom. The Labute approximate surface area is 114 Å². The summed E-state index contributed by atoms with van der Waals surface area (Å²) in [4.78, 5) is 1.18. The van der Waals surface area contributed by atoms with Crippen LogP contribution >= 0.6 is 24.2 Å². The maximum atomic E-state index is 8.68. The second-order valence-corrected chi connectivity index (χ2v) is 6.59. The SMILES string of the molecule is CC(C)(C)Sc1ccccc1[C@H](N)CC#N.Cl. The molecule has 4 heteroatoms. The van der Waals surface area contributed by atoms with Crippen molar-refractivity contribution in [1.82, 2.24) is 0 Å². The van der Waals surface area contributed by atoms with Crippen molar-refractivity contribution >= 4 is 24.2 Å². The fraction of sp³-hybridized carbons (Fsp3) is 0.462. The third-order valence-corrected chi connectivity index (χ3v) is 3.25. The molecule has 94 valence electrons. The third-order valence-electron chi connectivity index (χ3n) is 2.05. The summed E-state index contributed by atoms with van der Waals surface area (Å²) in [6.45, 7) is 6.51. The molecule has 0 saturated heterocycles. The molecule has 0 bridgehead atoms. The minimum atomic E-state index is -0.184. The molecule has 17 heavy (non-hydrogen) atoms. The summed E-state index contributed by atoms with van der Waals surface area (Å²) in [6, 6.07) is 10.0. The Kier molecular flexibility index (Phi) is 6.62. The van der Waals surface area contributed by atoms with E-state index in [2.05, 4.69) is 32.9 Å². The van der Waals surface area contributed by atoms with Crippen LogP contribution in [0.1, 0.15) is 38.8 Å². The van der Waals surface area contributed by atoms with E-state index >= 15 is 0 Å². The van der Waals surface area contributed by atoms with Crippen LogP contribution in [0.4, 0.5) is 0 Å². The Bertz CT molecular complexity index is 393. The van der Waals surface area contributed by atoms with Gasteiger partial charge in [-0.1, -0.05) is 39.0 Å². The summed E-state index contributed by atoms with van der Waals surface area (Å²) in [5.74, 6) is 0. The second kappa shape index (κ2) is 6.90. The standard InChI is InChI=1S/C13H18N2S.ClH/c1-13(2,3)16-12-7-5-4-6-10(12)11(15)8-9-14;/h4-7,11H,8,15H2,1-3H3;1H/t11-;/m1./s1. The van der Waals surface area contributed by atoms with E-state index in [-0.39, 0.29) is 23.2 Å². The highest BCUT2D eigenvalue weighted by molar-refractivity contribution is 8.00. The van der Waals surface area contributed by atoms with E-state index < -0.39 is 0 Å². The predicted octanol–water partition coefficient (Wildman–Crippen LogP) is 3.91. The van der Waals surface area contributed by atoms with E-state index in [1.807, 2.05) is 18.2 Å². The van der Waals surface area contributed by atoms with Gasteiger partial charge in [-0.2, -0.15) is 5.26 Å². The number of nitriles is 1. The third kappa shape index (κ3) is 5.45. The second-order valence-electron chi connectivity index (χ2n) is 4.72. The number of rotatable bonds is 3. The minimum Gasteiger partial charge on any atom is -0.323 e. The van der Waals surface area contributed by atoms with Crippen molar-refractivity contribution in [2.24, 2.45) is 5.73 Å². The van der Waals surface area contributed by atoms with Gasteiger partial charge in [0.2, 0.25) is 0 Å². The number of hydrogen-bond acceptors (Lipinski definition) is 3. The van der Waals surface area contributed by atoms with E-state index in [4.69, 9.17) is 11.0 Å². The summed E-state index contributed by atoms with van der Waals surface area (Å²) in [5, 5.41) is 8.68. The molecule has 0 unspecified atom stereocenters. The van der Waals surface area contributed by atoms with Gasteiger partial charge in [0.25, 0.3) is 0 Å². The normalized spacial score (nSPS) is 12.4. The van der Waals surface area contributed by atoms with Crippen LogP contribution in [0.5, 0.6) is 0 Å². The summed E-state index contributed by atoms with van der Waals surface area (Å²) in [5.41, 5.74) is 7.06. The molecule has 1 atom stereocenters. The van der Waals surface area contributed by atoms with Crippen LogP contribution in [0.3, 0.4) is 0 Å². The first-order chi connectivity index (χ1) is 7.44. The quantitative estimate of drug-likeness (QED) is 0.847. The monoisotopic (exact) mass is 270 g/mol. The van der Waals surface area contributed by atoms with Gasteiger partial charge in [-0.05, 0) is 11.6 Å². The van der Waals surface area contributed by atoms with Crippen molar-refractivity contribution in [3.8, 4) is 6.07 Å². The molecule has 0 aromatic heterocycles. The molecular weight excluding hydrogens is 252 g/mol. The summed E-state index contributed by atoms with van der Waals surface area (Å²) >= 11 is 1.79. The van der Waals surface area contributed by atoms with Crippen molar-refractivity contribution in [2.45, 2.75) is 42.9 Å². The van der Waals surface area contributed by atoms with Gasteiger partial charge in [-0.25, -0.2) is 0 Å². The van der Waals surface area contributed by atoms with Crippen LogP contribution in [0.15, 0.2) is 29.2 Å². The van der Waals surface area contributed by atoms with Crippen LogP contribution in [-0.4, -0.2) is 4.75 Å². The lowest BCUT2D eigenvalue weighted by Gasteiger charge is -2.21. The van der Waals surface area contributed by atoms with Gasteiger partial charge < -0.3 is 5.73 Å². The van der Waals surface area contributed by atoms with Crippen LogP contribution in [-0.2, 0) is 0 Å². The van der Waals surface area contributed by atoms with E-state index in [1.165, 1.54) is 4.90 Å². The van der Waals surface area contributed by atoms with Gasteiger partial charge in [0.1, 0.15) is 0 Å². The van der Waals surface area contributed by atoms with Crippen molar-refractivity contribution < 1.29 is 0 Å². The number of nitrogens with two attached hydrogens (primary N) is 1. The lowest BCUT2D eigenvalue weighted by Crippen LogP contribution is -2.13. The van der Waals surface area contributed by atoms with Gasteiger partial charge in [0.05, 0.1) is 12.5 Å². The molecule has 0 aliphatic heterocycles. The summed E-state index contributed by atoms with van der Waals surface area (Å²) in [6.07, 6.45) is 0.363. The molecule has 0 aliphatic carbocycles. The molecule has 2 N–H and O–H groups in total. The van der Waals surface area contributed by atoms with E-state index in [1.54, 1.807) is 11.8 Å². The number of nitrogens with zero attached hydrogens (tertiary/aromatic N) is 1. The zero-order chi connectivity index (χ0) is 12.2. The molecule has 0 saturated carbocycles. The van der Waals surface area contributed by atoms with Gasteiger partial charge in [0, 0.05) is 15.7 Å². The molecule has 0 fully saturated rings. The lowest BCUT2D eigenvalue weighted by atomic mass is 10.1. The topological polar surface area (TPSA) is 49.8 Å². The van der Waals surface area contributed by atoms with E-state index in [0.29, 0.717) is 6.42 Å². The average molecular weight is 271 g/mol. The lowest BCUT2D eigenvalue weighted by molar-refractivity contribution is 0.729. The van der Waals surface area contributed by atoms with Crippen molar-refractivity contribution in [3.63, 3.8) is 0 Å². The molecule has 1 aromatic rings. The first-order valence-electron chi connectivity index (χ1n) is 5.34. The van der Waals surface area contributed by atoms with Crippen LogP contribution < -0.4 is 5.73 Å². The fourth-order valence-corrected chi connectivity index (χ4v) is 2.56. The van der Waals surface area contributed by atoms with Crippen LogP contribution in [0.25, 0.3) is 0 Å². The molecule has 0 heterocycles. The maximum absolute atomic E-state index is 8.68. The molecule has 0 amide bonds. The highest BCUT2D eigenvalue weighted by Crippen LogP contribution is 2.36. The zero-order valence-corrected chi connectivity index (χ0v) is 12.1. The van der Waals surface area contributed by atoms with E-state index in [9.17, 15) is 0 Å². The fourth-order valence-electron chi connectivity index (χ4n) is 1.42. The molecule has 1 rings (SSSR count). The Morgan fingerprint density at radius 2 is 1.94 bits per heavy atom. The van der Waals surface area contributed by atoms with Crippen LogP contribution in [0.2, 0.25) is 0 Å². The van der Waals surface area contributed by atoms with Gasteiger partial charge in [-0.15, -0.1) is 24.2 Å². The first-order valence-corrected chi connectivity index (χ1v) is 6.16. The minimum absolute atomic E-state index is 0. The smallest absolute Gasteiger partial charge is 0.0641 e. The summed E-state index contributed by atoms with van der Waals surface area (Å²) < 4.78 is 0.155. The van der Waals surface area contributed by atoms with Gasteiger partial charge in [0.15, 0.2) is 0 Å². The van der Waals surface area contributed by atoms with Gasteiger partial charge >= 0.3 is 0 Å². The van der Waals surface area contributed by atoms with Crippen molar-refractivity contribution in [3.05, 3.63) is 29.8 Å². The number of thioether (sulfide) groups is 1. The Balaban J connectivity index is 0.00000256. The summed E-state index contributed by atoms with van der Waals surface area (Å²) in [7, 11) is 0. The Morgan fingerprint density at radius 1 is 1.35 bits per heavy atom. The van der Waals surface area contributed by atoms with Gasteiger partial charge in [-0.3, -0.25) is 0 Å². The number of hydrogen-bond donors (Lipinski definition) is 1. The first kappa shape index (κ1) is 16.3. The molecule has 0 aliphatic rings. The maximum Gasteiger partial charge on any atom is 0.0641 e. The highest BCUT2D eigenvalue weighted by atomic mass is 35.5. The molecular formula is C13H19ClN2S. The van der Waals surface area contributed by atoms with Crippen molar-refractivity contribution in [1.29, 1.82) is 5.26 Å². The molecule has 2 nitrogen and oxygen atoms in total. The van der Waals surface area contributed by atoms with E-state index in [0.717, 1.165) is 5.56 Å². The number of halogens is 1.